The first-order valence-corrected chi connectivity index (χ1v) is 11.6. The Hall–Kier alpha value is -3.00. The van der Waals surface area contributed by atoms with Crippen LogP contribution in [0.5, 0.6) is 0 Å². The van der Waals surface area contributed by atoms with Gasteiger partial charge in [-0.05, 0) is 70.4 Å². The van der Waals surface area contributed by atoms with Crippen LogP contribution in [0.25, 0.3) is 11.1 Å². The summed E-state index contributed by atoms with van der Waals surface area (Å²) in [5.74, 6) is -0.356. The summed E-state index contributed by atoms with van der Waals surface area (Å²) >= 11 is 7.63. The number of sulfonamides is 1. The number of pyridine rings is 1. The Balaban J connectivity index is 1.66. The van der Waals surface area contributed by atoms with Gasteiger partial charge in [-0.15, -0.1) is 0 Å². The van der Waals surface area contributed by atoms with E-state index in [0.29, 0.717) is 10.6 Å². The second kappa shape index (κ2) is 8.39. The molecule has 0 bridgehead atoms. The zero-order valence-corrected chi connectivity index (χ0v) is 17.8. The fourth-order valence-corrected chi connectivity index (χ4v) is 4.83. The lowest BCUT2D eigenvalue weighted by atomic mass is 10.0. The van der Waals surface area contributed by atoms with Gasteiger partial charge >= 0.3 is 0 Å². The molecule has 0 aliphatic heterocycles. The number of nitrogens with zero attached hydrogens (tertiary/aromatic N) is 1. The molecule has 0 spiro atoms. The third kappa shape index (κ3) is 4.28. The molecule has 4 rings (SSSR count). The summed E-state index contributed by atoms with van der Waals surface area (Å²) in [5, 5.41) is 4.28. The second-order valence-electron chi connectivity index (χ2n) is 6.40. The van der Waals surface area contributed by atoms with Crippen molar-refractivity contribution in [2.75, 3.05) is 4.72 Å². The Kier molecular flexibility index (Phi) is 5.67. The van der Waals surface area contributed by atoms with Gasteiger partial charge in [-0.1, -0.05) is 23.7 Å². The topological polar surface area (TPSA) is 76.1 Å². The molecule has 5 nitrogen and oxygen atoms in total. The van der Waals surface area contributed by atoms with Crippen molar-refractivity contribution in [3.05, 3.63) is 100.0 Å². The van der Waals surface area contributed by atoms with Crippen molar-refractivity contribution in [1.82, 2.24) is 4.98 Å². The molecule has 0 aliphatic carbocycles. The van der Waals surface area contributed by atoms with Crippen molar-refractivity contribution in [2.45, 2.75) is 4.90 Å². The van der Waals surface area contributed by atoms with Crippen LogP contribution in [0.3, 0.4) is 0 Å². The number of carbonyl (C=O) groups excluding carboxylic acids is 1. The maximum absolute atomic E-state index is 12.9. The summed E-state index contributed by atoms with van der Waals surface area (Å²) in [4.78, 5) is 16.9. The molecule has 0 saturated carbocycles. The van der Waals surface area contributed by atoms with Gasteiger partial charge in [0, 0.05) is 28.5 Å². The molecule has 2 heterocycles. The molecule has 4 aromatic rings. The Bertz CT molecular complexity index is 1290. The van der Waals surface area contributed by atoms with Crippen LogP contribution in [-0.2, 0) is 10.0 Å². The molecule has 8 heteroatoms. The standard InChI is InChI=1S/C22H15ClN2O3S2/c23-18-3-6-21(20(13-18)22(26)16-7-10-24-11-8-16)25-30(27,28)19-4-1-15(2-5-19)17-9-12-29-14-17/h1-14,25H. The molecule has 0 amide bonds. The number of aromatic nitrogens is 1. The fraction of sp³-hybridized carbons (Fsp3) is 0. The molecule has 1 N–H and O–H groups in total. The van der Waals surface area contributed by atoms with Gasteiger partial charge in [-0.25, -0.2) is 8.42 Å². The normalized spacial score (nSPS) is 11.2. The lowest BCUT2D eigenvalue weighted by Gasteiger charge is -2.13. The van der Waals surface area contributed by atoms with E-state index in [1.165, 1.54) is 42.7 Å². The van der Waals surface area contributed by atoms with E-state index in [1.54, 1.807) is 35.6 Å². The summed E-state index contributed by atoms with van der Waals surface area (Å²) in [6, 6.07) is 16.1. The van der Waals surface area contributed by atoms with Crippen LogP contribution in [0.15, 0.2) is 88.7 Å². The highest BCUT2D eigenvalue weighted by molar-refractivity contribution is 7.92. The molecule has 150 valence electrons. The van der Waals surface area contributed by atoms with E-state index in [1.807, 2.05) is 16.8 Å². The van der Waals surface area contributed by atoms with Gasteiger partial charge in [0.15, 0.2) is 5.78 Å². The lowest BCUT2D eigenvalue weighted by Crippen LogP contribution is -2.16. The van der Waals surface area contributed by atoms with Crippen LogP contribution in [0.2, 0.25) is 5.02 Å². The van der Waals surface area contributed by atoms with Crippen LogP contribution in [0, 0.1) is 0 Å². The number of hydrogen-bond donors (Lipinski definition) is 1. The number of thiophene rings is 1. The zero-order valence-electron chi connectivity index (χ0n) is 15.4. The predicted octanol–water partition coefficient (Wildman–Crippen LogP) is 5.50. The Morgan fingerprint density at radius 1 is 0.933 bits per heavy atom. The first-order valence-electron chi connectivity index (χ1n) is 8.84. The van der Waals surface area contributed by atoms with Crippen molar-refractivity contribution < 1.29 is 13.2 Å². The third-order valence-electron chi connectivity index (χ3n) is 4.43. The van der Waals surface area contributed by atoms with Crippen molar-refractivity contribution in [3.8, 4) is 11.1 Å². The van der Waals surface area contributed by atoms with E-state index < -0.39 is 10.0 Å². The van der Waals surface area contributed by atoms with Crippen LogP contribution in [0.1, 0.15) is 15.9 Å². The van der Waals surface area contributed by atoms with Crippen molar-refractivity contribution in [2.24, 2.45) is 0 Å². The van der Waals surface area contributed by atoms with E-state index in [9.17, 15) is 13.2 Å². The third-order valence-corrected chi connectivity index (χ3v) is 6.73. The van der Waals surface area contributed by atoms with Crippen LogP contribution < -0.4 is 4.72 Å². The number of anilines is 1. The largest absolute Gasteiger partial charge is 0.289 e. The summed E-state index contributed by atoms with van der Waals surface area (Å²) in [7, 11) is -3.91. The number of benzene rings is 2. The zero-order chi connectivity index (χ0) is 21.1. The minimum absolute atomic E-state index is 0.0961. The molecule has 2 aromatic heterocycles. The van der Waals surface area contributed by atoms with Gasteiger partial charge < -0.3 is 0 Å². The van der Waals surface area contributed by atoms with Crippen molar-refractivity contribution in [3.63, 3.8) is 0 Å². The molecule has 2 aromatic carbocycles. The highest BCUT2D eigenvalue weighted by Crippen LogP contribution is 2.27. The number of halogens is 1. The maximum Gasteiger partial charge on any atom is 0.261 e. The first-order chi connectivity index (χ1) is 14.4. The van der Waals surface area contributed by atoms with E-state index in [0.717, 1.165) is 11.1 Å². The Labute approximate surface area is 183 Å². The molecule has 0 atom stereocenters. The second-order valence-corrected chi connectivity index (χ2v) is 9.30. The van der Waals surface area contributed by atoms with Gasteiger partial charge in [-0.2, -0.15) is 11.3 Å². The maximum atomic E-state index is 12.9. The average Bonchev–Trinajstić information content (AvgIpc) is 3.30. The van der Waals surface area contributed by atoms with E-state index in [2.05, 4.69) is 9.71 Å². The van der Waals surface area contributed by atoms with Gasteiger partial charge in [-0.3, -0.25) is 14.5 Å². The molecule has 0 unspecified atom stereocenters. The Morgan fingerprint density at radius 2 is 1.67 bits per heavy atom. The molecule has 0 aliphatic rings. The highest BCUT2D eigenvalue weighted by Gasteiger charge is 2.20. The summed E-state index contributed by atoms with van der Waals surface area (Å²) in [6.07, 6.45) is 2.99. The van der Waals surface area contributed by atoms with Gasteiger partial charge in [0.2, 0.25) is 0 Å². The average molecular weight is 455 g/mol. The minimum atomic E-state index is -3.91. The molecular weight excluding hydrogens is 440 g/mol. The van der Waals surface area contributed by atoms with Crippen LogP contribution in [-0.4, -0.2) is 19.2 Å². The minimum Gasteiger partial charge on any atom is -0.289 e. The number of hydrogen-bond acceptors (Lipinski definition) is 5. The number of rotatable bonds is 6. The van der Waals surface area contributed by atoms with E-state index in [-0.39, 0.29) is 21.9 Å². The number of nitrogens with one attached hydrogen (secondary N) is 1. The van der Waals surface area contributed by atoms with Gasteiger partial charge in [0.05, 0.1) is 10.6 Å². The monoisotopic (exact) mass is 454 g/mol. The summed E-state index contributed by atoms with van der Waals surface area (Å²) in [6.45, 7) is 0. The molecule has 0 radical (unpaired) electrons. The van der Waals surface area contributed by atoms with Gasteiger partial charge in [0.25, 0.3) is 10.0 Å². The van der Waals surface area contributed by atoms with Crippen molar-refractivity contribution >= 4 is 44.4 Å². The summed E-state index contributed by atoms with van der Waals surface area (Å²) < 4.78 is 28.4. The van der Waals surface area contributed by atoms with E-state index in [4.69, 9.17) is 11.6 Å². The van der Waals surface area contributed by atoms with Crippen LogP contribution in [0.4, 0.5) is 5.69 Å². The van der Waals surface area contributed by atoms with Crippen LogP contribution >= 0.6 is 22.9 Å². The quantitative estimate of drug-likeness (QED) is 0.390. The smallest absolute Gasteiger partial charge is 0.261 e. The molecule has 0 fully saturated rings. The fourth-order valence-electron chi connectivity index (χ4n) is 2.91. The molecule has 0 saturated heterocycles. The molecular formula is C22H15ClN2O3S2. The Morgan fingerprint density at radius 3 is 2.33 bits per heavy atom. The predicted molar refractivity (Wildman–Crippen MR) is 120 cm³/mol. The highest BCUT2D eigenvalue weighted by atomic mass is 35.5. The number of ketones is 1. The van der Waals surface area contributed by atoms with E-state index >= 15 is 0 Å². The first kappa shape index (κ1) is 20.3. The van der Waals surface area contributed by atoms with Gasteiger partial charge in [0.1, 0.15) is 0 Å². The SMILES string of the molecule is O=C(c1ccncc1)c1cc(Cl)ccc1NS(=O)(=O)c1ccc(-c2ccsc2)cc1. The lowest BCUT2D eigenvalue weighted by molar-refractivity contribution is 0.103. The molecule has 30 heavy (non-hydrogen) atoms. The summed E-state index contributed by atoms with van der Waals surface area (Å²) in [5.41, 5.74) is 2.65. The number of carbonyl (C=O) groups is 1. The van der Waals surface area contributed by atoms with Crippen molar-refractivity contribution in [1.29, 1.82) is 0 Å².